The van der Waals surface area contributed by atoms with E-state index in [0.717, 1.165) is 5.75 Å². The van der Waals surface area contributed by atoms with Crippen LogP contribution >= 0.6 is 0 Å². The van der Waals surface area contributed by atoms with E-state index in [1.807, 2.05) is 6.92 Å². The van der Waals surface area contributed by atoms with Gasteiger partial charge in [0.2, 0.25) is 5.91 Å². The van der Waals surface area contributed by atoms with Gasteiger partial charge in [0.05, 0.1) is 26.6 Å². The highest BCUT2D eigenvalue weighted by atomic mass is 16.5. The van der Waals surface area contributed by atoms with Crippen molar-refractivity contribution in [3.05, 3.63) is 24.3 Å². The van der Waals surface area contributed by atoms with Crippen molar-refractivity contribution < 1.29 is 24.2 Å². The summed E-state index contributed by atoms with van der Waals surface area (Å²) in [6.45, 7) is 2.81. The van der Waals surface area contributed by atoms with Gasteiger partial charge in [0.1, 0.15) is 11.5 Å². The van der Waals surface area contributed by atoms with Gasteiger partial charge >= 0.3 is 5.97 Å². The zero-order valence-electron chi connectivity index (χ0n) is 12.4. The predicted molar refractivity (Wildman–Crippen MR) is 77.6 cm³/mol. The molecule has 0 aliphatic carbocycles. The van der Waals surface area contributed by atoms with Gasteiger partial charge in [-0.2, -0.15) is 0 Å². The Labute approximate surface area is 124 Å². The van der Waals surface area contributed by atoms with E-state index in [2.05, 4.69) is 0 Å². The van der Waals surface area contributed by atoms with Crippen molar-refractivity contribution in [1.82, 2.24) is 4.90 Å². The van der Waals surface area contributed by atoms with Crippen molar-refractivity contribution in [2.75, 3.05) is 26.8 Å². The fraction of sp³-hybridized carbons (Fsp3) is 0.467. The third-order valence-corrected chi connectivity index (χ3v) is 2.97. The molecule has 0 aromatic heterocycles. The summed E-state index contributed by atoms with van der Waals surface area (Å²) in [6.07, 6.45) is 0.179. The van der Waals surface area contributed by atoms with E-state index in [0.29, 0.717) is 12.3 Å². The van der Waals surface area contributed by atoms with E-state index in [-0.39, 0.29) is 31.9 Å². The van der Waals surface area contributed by atoms with Gasteiger partial charge < -0.3 is 19.5 Å². The number of aliphatic carboxylic acids is 1. The third kappa shape index (κ3) is 6.16. The minimum atomic E-state index is -0.907. The van der Waals surface area contributed by atoms with Crippen molar-refractivity contribution in [1.29, 1.82) is 0 Å². The molecule has 0 fully saturated rings. The van der Waals surface area contributed by atoms with Crippen molar-refractivity contribution in [3.63, 3.8) is 0 Å². The highest BCUT2D eigenvalue weighted by Crippen LogP contribution is 2.17. The molecule has 1 rings (SSSR count). The number of carboxylic acids is 1. The van der Waals surface area contributed by atoms with Gasteiger partial charge in [-0.15, -0.1) is 0 Å². The fourth-order valence-corrected chi connectivity index (χ4v) is 1.78. The first-order chi connectivity index (χ1) is 10.1. The van der Waals surface area contributed by atoms with Crippen LogP contribution in [-0.2, 0) is 9.59 Å². The van der Waals surface area contributed by atoms with Crippen LogP contribution in [0.15, 0.2) is 24.3 Å². The van der Waals surface area contributed by atoms with E-state index in [9.17, 15) is 9.59 Å². The average molecular weight is 295 g/mol. The Morgan fingerprint density at radius 3 is 2.29 bits per heavy atom. The summed E-state index contributed by atoms with van der Waals surface area (Å²) in [7, 11) is 1.59. The maximum atomic E-state index is 11.9. The molecule has 1 aromatic carbocycles. The second kappa shape index (κ2) is 8.84. The summed E-state index contributed by atoms with van der Waals surface area (Å²) >= 11 is 0. The van der Waals surface area contributed by atoms with Crippen LogP contribution in [-0.4, -0.2) is 48.7 Å². The Bertz CT molecular complexity index is 458. The number of ether oxygens (including phenoxy) is 2. The molecule has 0 aliphatic heterocycles. The maximum Gasteiger partial charge on any atom is 0.305 e. The first kappa shape index (κ1) is 16.8. The highest BCUT2D eigenvalue weighted by Gasteiger charge is 2.12. The molecule has 21 heavy (non-hydrogen) atoms. The van der Waals surface area contributed by atoms with Crippen LogP contribution in [0.4, 0.5) is 0 Å². The summed E-state index contributed by atoms with van der Waals surface area (Å²) in [4.78, 5) is 24.0. The number of nitrogens with zero attached hydrogens (tertiary/aromatic N) is 1. The Morgan fingerprint density at radius 2 is 1.76 bits per heavy atom. The largest absolute Gasteiger partial charge is 0.497 e. The molecule has 0 radical (unpaired) electrons. The molecule has 1 aromatic rings. The molecule has 0 spiro atoms. The number of amides is 1. The van der Waals surface area contributed by atoms with Gasteiger partial charge in [0.25, 0.3) is 0 Å². The predicted octanol–water partition coefficient (Wildman–Crippen LogP) is 1.79. The summed E-state index contributed by atoms with van der Waals surface area (Å²) in [5, 5.41) is 8.63. The van der Waals surface area contributed by atoms with Crippen LogP contribution in [0.5, 0.6) is 11.5 Å². The molecule has 0 bridgehead atoms. The number of rotatable bonds is 9. The molecule has 6 heteroatoms. The fourth-order valence-electron chi connectivity index (χ4n) is 1.78. The smallest absolute Gasteiger partial charge is 0.305 e. The lowest BCUT2D eigenvalue weighted by atomic mass is 10.3. The molecular weight excluding hydrogens is 274 g/mol. The Hall–Kier alpha value is -2.24. The van der Waals surface area contributed by atoms with Crippen LogP contribution in [0.3, 0.4) is 0 Å². The quantitative estimate of drug-likeness (QED) is 0.751. The first-order valence-corrected chi connectivity index (χ1v) is 6.83. The van der Waals surface area contributed by atoms with Crippen LogP contribution in [0, 0.1) is 0 Å². The van der Waals surface area contributed by atoms with Crippen LogP contribution in [0.2, 0.25) is 0 Å². The molecule has 0 saturated heterocycles. The number of carbonyl (C=O) groups is 2. The summed E-state index contributed by atoms with van der Waals surface area (Å²) in [5.41, 5.74) is 0. The SMILES string of the molecule is CCN(CCC(=O)O)C(=O)CCOc1ccc(OC)cc1. The van der Waals surface area contributed by atoms with Gasteiger partial charge in [-0.1, -0.05) is 0 Å². The Morgan fingerprint density at radius 1 is 1.14 bits per heavy atom. The summed E-state index contributed by atoms with van der Waals surface area (Å²) in [5.74, 6) is 0.393. The maximum absolute atomic E-state index is 11.9. The summed E-state index contributed by atoms with van der Waals surface area (Å²) in [6, 6.07) is 7.10. The molecule has 0 saturated carbocycles. The van der Waals surface area contributed by atoms with Crippen LogP contribution < -0.4 is 9.47 Å². The number of hydrogen-bond donors (Lipinski definition) is 1. The standard InChI is InChI=1S/C15H21NO5/c1-3-16(10-8-15(18)19)14(17)9-11-21-13-6-4-12(20-2)5-7-13/h4-7H,3,8-11H2,1-2H3,(H,18,19). The number of carboxylic acid groups (broad SMARTS) is 1. The highest BCUT2D eigenvalue weighted by molar-refractivity contribution is 5.77. The molecule has 0 heterocycles. The number of carbonyl (C=O) groups excluding carboxylic acids is 1. The Balaban J connectivity index is 2.35. The zero-order valence-corrected chi connectivity index (χ0v) is 12.4. The normalized spacial score (nSPS) is 10.0. The van der Waals surface area contributed by atoms with E-state index in [1.165, 1.54) is 4.90 Å². The molecule has 116 valence electrons. The molecule has 0 unspecified atom stereocenters. The van der Waals surface area contributed by atoms with Gasteiger partial charge in [-0.3, -0.25) is 9.59 Å². The van der Waals surface area contributed by atoms with Crippen LogP contribution in [0.1, 0.15) is 19.8 Å². The molecule has 0 aliphatic rings. The van der Waals surface area contributed by atoms with E-state index < -0.39 is 5.97 Å². The number of methoxy groups -OCH3 is 1. The number of hydrogen-bond acceptors (Lipinski definition) is 4. The molecule has 0 atom stereocenters. The summed E-state index contributed by atoms with van der Waals surface area (Å²) < 4.78 is 10.5. The lowest BCUT2D eigenvalue weighted by molar-refractivity contribution is -0.138. The van der Waals surface area contributed by atoms with E-state index in [1.54, 1.807) is 31.4 Å². The number of benzene rings is 1. The van der Waals surface area contributed by atoms with Crippen molar-refractivity contribution in [2.45, 2.75) is 19.8 Å². The minimum absolute atomic E-state index is 0.0427. The zero-order chi connectivity index (χ0) is 15.7. The molecule has 1 amide bonds. The molecule has 6 nitrogen and oxygen atoms in total. The third-order valence-electron chi connectivity index (χ3n) is 2.97. The van der Waals surface area contributed by atoms with Gasteiger partial charge in [-0.05, 0) is 31.2 Å². The van der Waals surface area contributed by atoms with E-state index in [4.69, 9.17) is 14.6 Å². The lowest BCUT2D eigenvalue weighted by Crippen LogP contribution is -2.33. The Kier molecular flexibility index (Phi) is 7.08. The first-order valence-electron chi connectivity index (χ1n) is 6.83. The van der Waals surface area contributed by atoms with Crippen molar-refractivity contribution >= 4 is 11.9 Å². The average Bonchev–Trinajstić information content (AvgIpc) is 2.48. The second-order valence-electron chi connectivity index (χ2n) is 4.39. The van der Waals surface area contributed by atoms with Gasteiger partial charge in [0.15, 0.2) is 0 Å². The van der Waals surface area contributed by atoms with E-state index >= 15 is 0 Å². The van der Waals surface area contributed by atoms with Crippen molar-refractivity contribution in [3.8, 4) is 11.5 Å². The monoisotopic (exact) mass is 295 g/mol. The van der Waals surface area contributed by atoms with Crippen LogP contribution in [0.25, 0.3) is 0 Å². The molecule has 1 N–H and O–H groups in total. The molecular formula is C15H21NO5. The minimum Gasteiger partial charge on any atom is -0.497 e. The van der Waals surface area contributed by atoms with Gasteiger partial charge in [0, 0.05) is 13.1 Å². The second-order valence-corrected chi connectivity index (χ2v) is 4.39. The van der Waals surface area contributed by atoms with Gasteiger partial charge in [-0.25, -0.2) is 0 Å². The topological polar surface area (TPSA) is 76.1 Å². The lowest BCUT2D eigenvalue weighted by Gasteiger charge is -2.20. The van der Waals surface area contributed by atoms with Crippen molar-refractivity contribution in [2.24, 2.45) is 0 Å².